The quantitative estimate of drug-likeness (QED) is 0.0266. The van der Waals surface area contributed by atoms with Crippen LogP contribution in [0.25, 0.3) is 0 Å². The Morgan fingerprint density at radius 2 is 0.679 bits per heavy atom. The zero-order valence-electron chi connectivity index (χ0n) is 36.6. The Labute approximate surface area is 345 Å². The summed E-state index contributed by atoms with van der Waals surface area (Å²) in [5.74, 6) is -0.930. The minimum atomic E-state index is -0.788. The normalized spacial score (nSPS) is 12.6. The monoisotopic (exact) mass is 783 g/mol. The molecule has 6 nitrogen and oxygen atoms in total. The van der Waals surface area contributed by atoms with Crippen LogP contribution in [0.5, 0.6) is 0 Å². The van der Waals surface area contributed by atoms with Crippen LogP contribution in [0.2, 0.25) is 0 Å². The fourth-order valence-corrected chi connectivity index (χ4v) is 6.16. The lowest BCUT2D eigenvalue weighted by Gasteiger charge is -2.18. The average molecular weight is 783 g/mol. The number of carbonyl (C=O) groups is 3. The second kappa shape index (κ2) is 44.8. The Morgan fingerprint density at radius 3 is 1.07 bits per heavy atom. The summed E-state index contributed by atoms with van der Waals surface area (Å²) in [7, 11) is 0. The molecule has 0 aliphatic carbocycles. The third kappa shape index (κ3) is 42.3. The van der Waals surface area contributed by atoms with Gasteiger partial charge in [0.25, 0.3) is 0 Å². The maximum Gasteiger partial charge on any atom is 0.306 e. The molecule has 322 valence electrons. The summed E-state index contributed by atoms with van der Waals surface area (Å²) in [5.41, 5.74) is 0. The predicted molar refractivity (Wildman–Crippen MR) is 238 cm³/mol. The van der Waals surface area contributed by atoms with Gasteiger partial charge in [-0.05, 0) is 96.3 Å². The number of rotatable bonds is 41. The summed E-state index contributed by atoms with van der Waals surface area (Å²) in [5, 5.41) is 0. The third-order valence-electron chi connectivity index (χ3n) is 9.68. The van der Waals surface area contributed by atoms with Crippen LogP contribution >= 0.6 is 0 Å². The van der Waals surface area contributed by atoms with E-state index in [2.05, 4.69) is 81.5 Å². The SMILES string of the molecule is CCC/C=C\C/C=C\CCCCCCCC(=O)OCC(COC(=O)CCCCCCC/C=C\CCCCC)OC(=O)CCCCCCC/C=C\C/C=C\CCC. The molecule has 0 aliphatic heterocycles. The molecular formula is C50H86O6. The Hall–Kier alpha value is -2.89. The van der Waals surface area contributed by atoms with E-state index < -0.39 is 6.10 Å². The van der Waals surface area contributed by atoms with Crippen molar-refractivity contribution >= 4 is 17.9 Å². The second-order valence-corrected chi connectivity index (χ2v) is 15.3. The molecule has 1 unspecified atom stereocenters. The van der Waals surface area contributed by atoms with Gasteiger partial charge in [0, 0.05) is 19.3 Å². The maximum absolute atomic E-state index is 12.7. The molecule has 0 aromatic heterocycles. The van der Waals surface area contributed by atoms with Gasteiger partial charge in [-0.25, -0.2) is 0 Å². The molecule has 0 spiro atoms. The van der Waals surface area contributed by atoms with Crippen molar-refractivity contribution < 1.29 is 28.6 Å². The van der Waals surface area contributed by atoms with Crippen molar-refractivity contribution in [1.29, 1.82) is 0 Å². The van der Waals surface area contributed by atoms with E-state index in [9.17, 15) is 14.4 Å². The molecule has 56 heavy (non-hydrogen) atoms. The fraction of sp³-hybridized carbons (Fsp3) is 0.740. The smallest absolute Gasteiger partial charge is 0.306 e. The summed E-state index contributed by atoms with van der Waals surface area (Å²) < 4.78 is 16.7. The van der Waals surface area contributed by atoms with Gasteiger partial charge in [0.15, 0.2) is 6.10 Å². The molecule has 0 aromatic carbocycles. The van der Waals surface area contributed by atoms with Gasteiger partial charge in [-0.2, -0.15) is 0 Å². The molecule has 6 heteroatoms. The number of ether oxygens (including phenoxy) is 3. The van der Waals surface area contributed by atoms with Gasteiger partial charge in [-0.15, -0.1) is 0 Å². The highest BCUT2D eigenvalue weighted by Gasteiger charge is 2.19. The van der Waals surface area contributed by atoms with Gasteiger partial charge in [0.2, 0.25) is 0 Å². The van der Waals surface area contributed by atoms with Gasteiger partial charge < -0.3 is 14.2 Å². The molecule has 0 aliphatic rings. The Kier molecular flexibility index (Phi) is 42.5. The van der Waals surface area contributed by atoms with E-state index in [1.54, 1.807) is 0 Å². The summed E-state index contributed by atoms with van der Waals surface area (Å²) in [6.45, 7) is 6.44. The van der Waals surface area contributed by atoms with E-state index in [0.29, 0.717) is 19.3 Å². The zero-order valence-corrected chi connectivity index (χ0v) is 36.6. The van der Waals surface area contributed by atoms with Gasteiger partial charge >= 0.3 is 17.9 Å². The first-order chi connectivity index (χ1) is 27.5. The summed E-state index contributed by atoms with van der Waals surface area (Å²) in [4.78, 5) is 37.8. The molecule has 0 saturated heterocycles. The van der Waals surface area contributed by atoms with Gasteiger partial charge in [-0.1, -0.05) is 165 Å². The molecule has 0 N–H and O–H groups in total. The van der Waals surface area contributed by atoms with Crippen molar-refractivity contribution in [2.75, 3.05) is 13.2 Å². The zero-order chi connectivity index (χ0) is 40.8. The van der Waals surface area contributed by atoms with Crippen LogP contribution in [0.15, 0.2) is 60.8 Å². The van der Waals surface area contributed by atoms with Crippen molar-refractivity contribution in [3.8, 4) is 0 Å². The van der Waals surface area contributed by atoms with Crippen LogP contribution in [0.1, 0.15) is 220 Å². The maximum atomic E-state index is 12.7. The molecule has 0 rings (SSSR count). The van der Waals surface area contributed by atoms with Gasteiger partial charge in [0.05, 0.1) is 0 Å². The first-order valence-corrected chi connectivity index (χ1v) is 23.3. The van der Waals surface area contributed by atoms with Crippen LogP contribution in [-0.4, -0.2) is 37.2 Å². The fourth-order valence-electron chi connectivity index (χ4n) is 6.16. The Bertz CT molecular complexity index is 1040. The van der Waals surface area contributed by atoms with Crippen molar-refractivity contribution in [2.45, 2.75) is 226 Å². The lowest BCUT2D eigenvalue weighted by Crippen LogP contribution is -2.30. The minimum absolute atomic E-state index is 0.0895. The van der Waals surface area contributed by atoms with Gasteiger partial charge in [0.1, 0.15) is 13.2 Å². The highest BCUT2D eigenvalue weighted by atomic mass is 16.6. The molecule has 0 aromatic rings. The number of allylic oxidation sites excluding steroid dienone is 10. The molecule has 0 heterocycles. The number of hydrogen-bond acceptors (Lipinski definition) is 6. The van der Waals surface area contributed by atoms with Crippen molar-refractivity contribution in [2.24, 2.45) is 0 Å². The van der Waals surface area contributed by atoms with Crippen LogP contribution in [-0.2, 0) is 28.6 Å². The first kappa shape index (κ1) is 53.1. The number of esters is 3. The second-order valence-electron chi connectivity index (χ2n) is 15.3. The molecule has 0 bridgehead atoms. The van der Waals surface area contributed by atoms with Crippen molar-refractivity contribution in [1.82, 2.24) is 0 Å². The first-order valence-electron chi connectivity index (χ1n) is 23.3. The highest BCUT2D eigenvalue weighted by Crippen LogP contribution is 2.13. The van der Waals surface area contributed by atoms with E-state index >= 15 is 0 Å². The Balaban J connectivity index is 4.44. The van der Waals surface area contributed by atoms with E-state index in [1.807, 2.05) is 0 Å². The van der Waals surface area contributed by atoms with Crippen molar-refractivity contribution in [3.05, 3.63) is 60.8 Å². The van der Waals surface area contributed by atoms with E-state index in [-0.39, 0.29) is 31.1 Å². The lowest BCUT2D eigenvalue weighted by molar-refractivity contribution is -0.167. The number of hydrogen-bond donors (Lipinski definition) is 0. The van der Waals surface area contributed by atoms with E-state index in [0.717, 1.165) is 128 Å². The lowest BCUT2D eigenvalue weighted by atomic mass is 10.1. The molecule has 0 radical (unpaired) electrons. The summed E-state index contributed by atoms with van der Waals surface area (Å²) in [6.07, 6.45) is 53.4. The van der Waals surface area contributed by atoms with E-state index in [1.165, 1.54) is 51.4 Å². The highest BCUT2D eigenvalue weighted by molar-refractivity contribution is 5.71. The largest absolute Gasteiger partial charge is 0.462 e. The van der Waals surface area contributed by atoms with Crippen LogP contribution in [0.3, 0.4) is 0 Å². The number of carbonyl (C=O) groups excluding carboxylic acids is 3. The van der Waals surface area contributed by atoms with E-state index in [4.69, 9.17) is 14.2 Å². The summed E-state index contributed by atoms with van der Waals surface area (Å²) >= 11 is 0. The van der Waals surface area contributed by atoms with Gasteiger partial charge in [-0.3, -0.25) is 14.4 Å². The molecule has 0 fully saturated rings. The molecule has 0 saturated carbocycles. The molecule has 0 amide bonds. The van der Waals surface area contributed by atoms with Crippen LogP contribution < -0.4 is 0 Å². The summed E-state index contributed by atoms with van der Waals surface area (Å²) in [6, 6.07) is 0. The number of unbranched alkanes of at least 4 members (excludes halogenated alkanes) is 20. The third-order valence-corrected chi connectivity index (χ3v) is 9.68. The Morgan fingerprint density at radius 1 is 0.357 bits per heavy atom. The predicted octanol–water partition coefficient (Wildman–Crippen LogP) is 14.9. The topological polar surface area (TPSA) is 78.9 Å². The molecular weight excluding hydrogens is 697 g/mol. The van der Waals surface area contributed by atoms with Crippen molar-refractivity contribution in [3.63, 3.8) is 0 Å². The molecule has 1 atom stereocenters. The standard InChI is InChI=1S/C50H86O6/c1-4-7-10-13-16-19-22-25-28-31-34-37-40-43-49(52)55-46-47(45-54-48(51)42-39-36-33-30-27-24-21-18-15-12-9-6-3)56-50(53)44-41-38-35-32-29-26-23-20-17-14-11-8-5-2/h10-11,13-14,18-23,47H,4-9,12,15-17,24-46H2,1-3H3/b13-10-,14-11-,21-18-,22-19-,23-20-. The average Bonchev–Trinajstić information content (AvgIpc) is 3.19. The minimum Gasteiger partial charge on any atom is -0.462 e. The van der Waals surface area contributed by atoms with Crippen LogP contribution in [0.4, 0.5) is 0 Å². The van der Waals surface area contributed by atoms with Crippen LogP contribution in [0, 0.1) is 0 Å².